The number of fused-ring (bicyclic) bond motifs is 12. The zero-order valence-corrected chi connectivity index (χ0v) is 52.2. The molecule has 0 unspecified atom stereocenters. The standard InChI is InChI=1S/2C17H14N4O3.C16H11BrN4O2.C16H11ClN4O2/c1-24-12-4-2-11(3-5-12)21-17(23)14-8-19-15-6-10(9-22)18-7-13(15)16(14)20-21;1-24-15-5-3-11(7-19-15)21-17(23)13-8-18-14-6-10(9-22)2-4-12(14)16(13)20-21;1-23-14-5-3-10(7-19-14)21-16(22)12-8-18-13-6-9(17)2-4-11(13)15(12)20-21;1-23-14-5-3-10(7-19-14)21-16(22)12-8-18-13-4-2-9(17)6-11(13)15(12)20-21/h2*2-8,20,22H,9H2,1H3;2*2-8,20H,1H3. The predicted molar refractivity (Wildman–Crippen MR) is 359 cm³/mol. The maximum Gasteiger partial charge on any atom is 0.280 e. The Hall–Kier alpha value is -11.9. The summed E-state index contributed by atoms with van der Waals surface area (Å²) in [6.45, 7) is -0.205. The van der Waals surface area contributed by atoms with Crippen LogP contribution in [-0.2, 0) is 13.2 Å². The molecule has 94 heavy (non-hydrogen) atoms. The van der Waals surface area contributed by atoms with Crippen LogP contribution in [0.15, 0.2) is 195 Å². The SMILES string of the molecule is COc1ccc(-n2[nH]c3c(cnc4cc(Br)ccc43)c2=O)cn1.COc1ccc(-n2[nH]c3c(cnc4cc(CO)ccc43)c2=O)cn1.COc1ccc(-n2[nH]c3c(cnc4cc(CO)ncc43)c2=O)cc1.COc1ccc(-n2[nH]c3c(cnc4ccc(Cl)cc43)c2=O)cn1. The number of methoxy groups -OCH3 is 4. The molecule has 16 rings (SSSR count). The van der Waals surface area contributed by atoms with Gasteiger partial charge in [0.15, 0.2) is 0 Å². The van der Waals surface area contributed by atoms with E-state index in [1.807, 2.05) is 36.4 Å². The molecule has 0 spiro atoms. The maximum atomic E-state index is 12.7. The van der Waals surface area contributed by atoms with Gasteiger partial charge in [-0.25, -0.2) is 33.7 Å². The Morgan fingerprint density at radius 1 is 0.383 bits per heavy atom. The van der Waals surface area contributed by atoms with E-state index >= 15 is 0 Å². The third kappa shape index (κ3) is 11.6. The number of nitrogens with zero attached hydrogens (tertiary/aromatic N) is 12. The van der Waals surface area contributed by atoms with Crippen LogP contribution in [-0.4, -0.2) is 118 Å². The minimum atomic E-state index is -0.197. The van der Waals surface area contributed by atoms with Crippen LogP contribution in [0.1, 0.15) is 11.3 Å². The third-order valence-corrected chi connectivity index (χ3v) is 16.0. The van der Waals surface area contributed by atoms with Crippen LogP contribution in [0, 0.1) is 0 Å². The summed E-state index contributed by atoms with van der Waals surface area (Å²) < 4.78 is 27.0. The second-order valence-electron chi connectivity index (χ2n) is 20.8. The number of aliphatic hydroxyl groups excluding tert-OH is 2. The molecule has 12 aromatic heterocycles. The van der Waals surface area contributed by atoms with E-state index in [2.05, 4.69) is 76.2 Å². The average molecular weight is 1340 g/mol. The highest BCUT2D eigenvalue weighted by atomic mass is 79.9. The van der Waals surface area contributed by atoms with Gasteiger partial charge in [-0.2, -0.15) is 0 Å². The van der Waals surface area contributed by atoms with E-state index < -0.39 is 0 Å². The Kier molecular flexibility index (Phi) is 16.7. The lowest BCUT2D eigenvalue weighted by atomic mass is 10.1. The van der Waals surface area contributed by atoms with Crippen LogP contribution in [0.2, 0.25) is 5.02 Å². The van der Waals surface area contributed by atoms with E-state index in [0.717, 1.165) is 59.4 Å². The number of halogens is 2. The predicted octanol–water partition coefficient (Wildman–Crippen LogP) is 9.48. The number of H-pyrrole nitrogens is 4. The van der Waals surface area contributed by atoms with Gasteiger partial charge in [0.2, 0.25) is 17.6 Å². The first-order valence-electron chi connectivity index (χ1n) is 28.4. The monoisotopic (exact) mass is 1340 g/mol. The molecule has 6 N–H and O–H groups in total. The van der Waals surface area contributed by atoms with Gasteiger partial charge in [-0.1, -0.05) is 39.7 Å². The number of aromatic amines is 4. The topological polar surface area (TPSA) is 332 Å². The van der Waals surface area contributed by atoms with Crippen LogP contribution < -0.4 is 41.2 Å². The normalized spacial score (nSPS) is 11.2. The van der Waals surface area contributed by atoms with E-state index in [1.54, 1.807) is 150 Å². The van der Waals surface area contributed by atoms with E-state index in [1.165, 1.54) is 32.0 Å². The molecule has 0 amide bonds. The molecule has 0 aliphatic rings. The van der Waals surface area contributed by atoms with Gasteiger partial charge in [0, 0.05) is 80.2 Å². The number of pyridine rings is 8. The molecule has 0 saturated heterocycles. The number of hydrogen-bond donors (Lipinski definition) is 6. The maximum absolute atomic E-state index is 12.7. The van der Waals surface area contributed by atoms with Gasteiger partial charge in [-0.05, 0) is 96.6 Å². The number of aliphatic hydroxyl groups is 2. The van der Waals surface area contributed by atoms with Crippen molar-refractivity contribution in [2.75, 3.05) is 28.4 Å². The quantitative estimate of drug-likeness (QED) is 0.0742. The van der Waals surface area contributed by atoms with Gasteiger partial charge in [-0.15, -0.1) is 0 Å². The first-order valence-corrected chi connectivity index (χ1v) is 29.6. The van der Waals surface area contributed by atoms with Gasteiger partial charge in [0.1, 0.15) is 5.75 Å². The molecule has 0 fully saturated rings. The van der Waals surface area contributed by atoms with Crippen molar-refractivity contribution in [2.24, 2.45) is 0 Å². The van der Waals surface area contributed by atoms with Crippen molar-refractivity contribution in [1.82, 2.24) is 79.0 Å². The fraction of sp³-hybridized carbons (Fsp3) is 0.0909. The summed E-state index contributed by atoms with van der Waals surface area (Å²) in [4.78, 5) is 84.4. The van der Waals surface area contributed by atoms with Crippen molar-refractivity contribution in [2.45, 2.75) is 13.2 Å². The first kappa shape index (κ1) is 61.0. The highest BCUT2D eigenvalue weighted by molar-refractivity contribution is 9.10. The summed E-state index contributed by atoms with van der Waals surface area (Å²) in [6.07, 6.45) is 12.6. The lowest BCUT2D eigenvalue weighted by Crippen LogP contribution is -2.14. The van der Waals surface area contributed by atoms with E-state index in [0.29, 0.717) is 94.7 Å². The van der Waals surface area contributed by atoms with Crippen molar-refractivity contribution in [3.8, 4) is 46.1 Å². The smallest absolute Gasteiger partial charge is 0.280 e. The first-order chi connectivity index (χ1) is 45.8. The van der Waals surface area contributed by atoms with Gasteiger partial charge in [0.25, 0.3) is 22.2 Å². The Labute approximate surface area is 541 Å². The van der Waals surface area contributed by atoms with Crippen LogP contribution in [0.4, 0.5) is 0 Å². The summed E-state index contributed by atoms with van der Waals surface area (Å²) >= 11 is 9.49. The van der Waals surface area contributed by atoms with Crippen LogP contribution in [0.3, 0.4) is 0 Å². The van der Waals surface area contributed by atoms with Crippen molar-refractivity contribution in [1.29, 1.82) is 0 Å². The summed E-state index contributed by atoms with van der Waals surface area (Å²) in [5.74, 6) is 2.18. The van der Waals surface area contributed by atoms with E-state index in [-0.39, 0.29) is 35.5 Å². The summed E-state index contributed by atoms with van der Waals surface area (Å²) in [7, 11) is 6.22. The Bertz CT molecular complexity index is 5610. The molecule has 28 heteroatoms. The number of benzene rings is 4. The minimum Gasteiger partial charge on any atom is -0.497 e. The lowest BCUT2D eigenvalue weighted by molar-refractivity contribution is 0.277. The van der Waals surface area contributed by atoms with Gasteiger partial charge in [0.05, 0.1) is 154 Å². The molecule has 0 bridgehead atoms. The van der Waals surface area contributed by atoms with Crippen molar-refractivity contribution in [3.05, 3.63) is 233 Å². The number of rotatable bonds is 10. The molecular formula is C66H50BrClN16O10. The Morgan fingerprint density at radius 3 is 1.24 bits per heavy atom. The third-order valence-electron chi connectivity index (χ3n) is 15.3. The molecule has 0 atom stereocenters. The second kappa shape index (κ2) is 25.8. The molecule has 0 saturated carbocycles. The molecule has 0 radical (unpaired) electrons. The Balaban J connectivity index is 0.000000114. The van der Waals surface area contributed by atoms with Crippen molar-refractivity contribution < 1.29 is 29.2 Å². The van der Waals surface area contributed by atoms with Gasteiger partial charge < -0.3 is 29.2 Å². The number of hydrogen-bond acceptors (Lipinski definition) is 18. The highest BCUT2D eigenvalue weighted by Gasteiger charge is 2.18. The highest BCUT2D eigenvalue weighted by Crippen LogP contribution is 2.28. The average Bonchev–Trinajstić information content (AvgIpc) is 1.63. The summed E-state index contributed by atoms with van der Waals surface area (Å²) in [5, 5.41) is 36.8. The molecule has 0 aliphatic heterocycles. The molecule has 12 heterocycles. The van der Waals surface area contributed by atoms with Gasteiger partial charge in [-0.3, -0.25) is 64.5 Å². The zero-order chi connectivity index (χ0) is 65.3. The molecular weight excluding hydrogens is 1290 g/mol. The Morgan fingerprint density at radius 2 is 0.798 bits per heavy atom. The van der Waals surface area contributed by atoms with Crippen molar-refractivity contribution in [3.63, 3.8) is 0 Å². The number of nitrogens with one attached hydrogen (secondary N) is 4. The largest absolute Gasteiger partial charge is 0.497 e. The van der Waals surface area contributed by atoms with Crippen LogP contribution >= 0.6 is 27.5 Å². The summed E-state index contributed by atoms with van der Waals surface area (Å²) in [6, 6.07) is 35.9. The van der Waals surface area contributed by atoms with E-state index in [4.69, 9.17) is 30.5 Å². The lowest BCUT2D eigenvalue weighted by Gasteiger charge is -2.03. The van der Waals surface area contributed by atoms with Crippen LogP contribution in [0.25, 0.3) is 110 Å². The second-order valence-corrected chi connectivity index (χ2v) is 22.1. The van der Waals surface area contributed by atoms with Crippen LogP contribution in [0.5, 0.6) is 23.4 Å². The zero-order valence-electron chi connectivity index (χ0n) is 49.9. The minimum absolute atomic E-state index is 0.0509. The molecule has 4 aromatic carbocycles. The summed E-state index contributed by atoms with van der Waals surface area (Å²) in [5.41, 5.74) is 8.91. The fourth-order valence-corrected chi connectivity index (χ4v) is 11.0. The van der Waals surface area contributed by atoms with E-state index in [9.17, 15) is 29.4 Å². The fourth-order valence-electron chi connectivity index (χ4n) is 10.5. The van der Waals surface area contributed by atoms with Gasteiger partial charge >= 0.3 is 0 Å². The molecule has 0 aliphatic carbocycles. The molecule has 16 aromatic rings. The number of ether oxygens (including phenoxy) is 4. The molecule has 26 nitrogen and oxygen atoms in total. The molecule has 468 valence electrons. The number of aromatic nitrogens is 16. The van der Waals surface area contributed by atoms with Crippen molar-refractivity contribution >= 4 is 115 Å².